The van der Waals surface area contributed by atoms with Gasteiger partial charge in [0, 0.05) is 41.7 Å². The number of hydrogen-bond acceptors (Lipinski definition) is 4. The third-order valence-corrected chi connectivity index (χ3v) is 5.86. The molecule has 29 heavy (non-hydrogen) atoms. The predicted octanol–water partition coefficient (Wildman–Crippen LogP) is 4.28. The molecule has 1 atom stereocenters. The van der Waals surface area contributed by atoms with Crippen LogP contribution in [0.3, 0.4) is 0 Å². The molecule has 5 rings (SSSR count). The van der Waals surface area contributed by atoms with Crippen LogP contribution in [-0.2, 0) is 11.2 Å². The molecule has 2 aromatic carbocycles. The van der Waals surface area contributed by atoms with Gasteiger partial charge in [0.25, 0.3) is 0 Å². The molecule has 0 saturated carbocycles. The Hall–Kier alpha value is -3.41. The number of hydrogen-bond donors (Lipinski definition) is 1. The Balaban J connectivity index is 1.36. The third-order valence-electron chi connectivity index (χ3n) is 5.86. The molecule has 1 aliphatic heterocycles. The highest BCUT2D eigenvalue weighted by molar-refractivity contribution is 5.97. The van der Waals surface area contributed by atoms with Crippen molar-refractivity contribution in [1.29, 1.82) is 0 Å². The summed E-state index contributed by atoms with van der Waals surface area (Å²) in [4.78, 5) is 22.4. The number of aryl methyl sites for hydroxylation is 1. The molecule has 1 aliphatic rings. The van der Waals surface area contributed by atoms with Crippen LogP contribution in [0.2, 0.25) is 0 Å². The maximum Gasteiger partial charge on any atom is 0.231 e. The van der Waals surface area contributed by atoms with Crippen molar-refractivity contribution in [3.05, 3.63) is 77.1 Å². The van der Waals surface area contributed by atoms with E-state index in [0.29, 0.717) is 31.1 Å². The Labute approximate surface area is 168 Å². The number of H-pyrrole nitrogens is 1. The molecular formula is C23H22N4O2. The average Bonchev–Trinajstić information content (AvgIpc) is 3.44. The minimum Gasteiger partial charge on any atom is -0.361 e. The largest absolute Gasteiger partial charge is 0.361 e. The highest BCUT2D eigenvalue weighted by atomic mass is 16.5. The summed E-state index contributed by atoms with van der Waals surface area (Å²) in [6, 6.07) is 14.2. The fourth-order valence-corrected chi connectivity index (χ4v) is 4.09. The van der Waals surface area contributed by atoms with Crippen molar-refractivity contribution in [3.63, 3.8) is 0 Å². The molecule has 0 aliphatic carbocycles. The number of fused-ring (bicyclic) bond motifs is 1. The van der Waals surface area contributed by atoms with E-state index in [1.807, 2.05) is 41.4 Å². The summed E-state index contributed by atoms with van der Waals surface area (Å²) in [5.74, 6) is 1.23. The standard InChI is InChI=1S/C23H22N4O2/c1-14-6-5-9-20(15(14)2)27-13-17(11-22(27)28)23-25-21(29-26-23)10-16-12-24-19-8-4-3-7-18(16)19/h3-9,12,17,24H,10-11,13H2,1-2H3. The molecular weight excluding hydrogens is 364 g/mol. The first kappa shape index (κ1) is 17.7. The van der Waals surface area contributed by atoms with E-state index in [4.69, 9.17) is 4.52 Å². The van der Waals surface area contributed by atoms with Crippen molar-refractivity contribution < 1.29 is 9.32 Å². The number of anilines is 1. The molecule has 1 amide bonds. The van der Waals surface area contributed by atoms with Crippen LogP contribution in [-0.4, -0.2) is 27.6 Å². The molecule has 0 bridgehead atoms. The predicted molar refractivity (Wildman–Crippen MR) is 111 cm³/mol. The van der Waals surface area contributed by atoms with Crippen LogP contribution in [0.25, 0.3) is 10.9 Å². The van der Waals surface area contributed by atoms with E-state index in [1.165, 1.54) is 5.56 Å². The van der Waals surface area contributed by atoms with E-state index < -0.39 is 0 Å². The number of aromatic nitrogens is 3. The van der Waals surface area contributed by atoms with Crippen LogP contribution in [0.1, 0.15) is 40.7 Å². The monoisotopic (exact) mass is 386 g/mol. The number of aromatic amines is 1. The minimum atomic E-state index is -0.0529. The number of benzene rings is 2. The van der Waals surface area contributed by atoms with Crippen LogP contribution in [0.4, 0.5) is 5.69 Å². The van der Waals surface area contributed by atoms with Crippen molar-refractivity contribution in [3.8, 4) is 0 Å². The zero-order valence-corrected chi connectivity index (χ0v) is 16.5. The third kappa shape index (κ3) is 3.10. The Kier molecular flexibility index (Phi) is 4.19. The number of rotatable bonds is 4. The summed E-state index contributed by atoms with van der Waals surface area (Å²) >= 11 is 0. The summed E-state index contributed by atoms with van der Waals surface area (Å²) in [6.07, 6.45) is 2.95. The van der Waals surface area contributed by atoms with Gasteiger partial charge in [-0.15, -0.1) is 0 Å². The quantitative estimate of drug-likeness (QED) is 0.568. The maximum absolute atomic E-state index is 12.7. The molecule has 6 heteroatoms. The van der Waals surface area contributed by atoms with Gasteiger partial charge in [-0.2, -0.15) is 4.98 Å². The molecule has 3 heterocycles. The van der Waals surface area contributed by atoms with E-state index in [-0.39, 0.29) is 11.8 Å². The average molecular weight is 386 g/mol. The first-order valence-corrected chi connectivity index (χ1v) is 9.84. The zero-order chi connectivity index (χ0) is 20.0. The van der Waals surface area contributed by atoms with Crippen LogP contribution in [0, 0.1) is 13.8 Å². The number of carbonyl (C=O) groups is 1. The Morgan fingerprint density at radius 2 is 2.03 bits per heavy atom. The van der Waals surface area contributed by atoms with Gasteiger partial charge >= 0.3 is 0 Å². The van der Waals surface area contributed by atoms with E-state index in [9.17, 15) is 4.79 Å². The van der Waals surface area contributed by atoms with Gasteiger partial charge in [0.05, 0.1) is 6.42 Å². The van der Waals surface area contributed by atoms with Gasteiger partial charge in [-0.3, -0.25) is 4.79 Å². The van der Waals surface area contributed by atoms with Crippen LogP contribution >= 0.6 is 0 Å². The SMILES string of the molecule is Cc1cccc(N2CC(c3noc(Cc4c[nH]c5ccccc45)n3)CC2=O)c1C. The first-order chi connectivity index (χ1) is 14.1. The first-order valence-electron chi connectivity index (χ1n) is 9.84. The highest BCUT2D eigenvalue weighted by Crippen LogP contribution is 2.33. The summed E-state index contributed by atoms with van der Waals surface area (Å²) in [5.41, 5.74) is 5.50. The van der Waals surface area contributed by atoms with Crippen LogP contribution in [0.5, 0.6) is 0 Å². The van der Waals surface area contributed by atoms with Crippen molar-refractivity contribution in [1.82, 2.24) is 15.1 Å². The molecule has 1 saturated heterocycles. The molecule has 1 unspecified atom stereocenters. The molecule has 4 aromatic rings. The molecule has 1 N–H and O–H groups in total. The van der Waals surface area contributed by atoms with E-state index in [2.05, 4.69) is 41.1 Å². The lowest BCUT2D eigenvalue weighted by Crippen LogP contribution is -2.25. The Morgan fingerprint density at radius 3 is 2.93 bits per heavy atom. The summed E-state index contributed by atoms with van der Waals surface area (Å²) < 4.78 is 5.51. The van der Waals surface area contributed by atoms with Crippen molar-refractivity contribution in [2.75, 3.05) is 11.4 Å². The lowest BCUT2D eigenvalue weighted by Gasteiger charge is -2.19. The second-order valence-electron chi connectivity index (χ2n) is 7.71. The van der Waals surface area contributed by atoms with Crippen LogP contribution in [0.15, 0.2) is 53.2 Å². The van der Waals surface area contributed by atoms with Gasteiger partial charge in [0.15, 0.2) is 5.82 Å². The van der Waals surface area contributed by atoms with E-state index in [0.717, 1.165) is 27.7 Å². The number of amides is 1. The van der Waals surface area contributed by atoms with Gasteiger partial charge in [-0.1, -0.05) is 35.5 Å². The summed E-state index contributed by atoms with van der Waals surface area (Å²) in [7, 11) is 0. The number of para-hydroxylation sites is 1. The smallest absolute Gasteiger partial charge is 0.231 e. The number of carbonyl (C=O) groups excluding carboxylic acids is 1. The zero-order valence-electron chi connectivity index (χ0n) is 16.5. The van der Waals surface area contributed by atoms with Gasteiger partial charge in [0.2, 0.25) is 11.8 Å². The second-order valence-corrected chi connectivity index (χ2v) is 7.71. The molecule has 6 nitrogen and oxygen atoms in total. The van der Waals surface area contributed by atoms with Crippen molar-refractivity contribution >= 4 is 22.5 Å². The molecule has 146 valence electrons. The normalized spacial score (nSPS) is 16.8. The van der Waals surface area contributed by atoms with E-state index in [1.54, 1.807) is 0 Å². The van der Waals surface area contributed by atoms with Gasteiger partial charge in [-0.25, -0.2) is 0 Å². The van der Waals surface area contributed by atoms with Crippen molar-refractivity contribution in [2.24, 2.45) is 0 Å². The topological polar surface area (TPSA) is 75.0 Å². The molecule has 2 aromatic heterocycles. The number of nitrogens with one attached hydrogen (secondary N) is 1. The van der Waals surface area contributed by atoms with E-state index >= 15 is 0 Å². The molecule has 0 radical (unpaired) electrons. The number of nitrogens with zero attached hydrogens (tertiary/aromatic N) is 3. The fourth-order valence-electron chi connectivity index (χ4n) is 4.09. The van der Waals surface area contributed by atoms with Crippen molar-refractivity contribution in [2.45, 2.75) is 32.6 Å². The van der Waals surface area contributed by atoms with Gasteiger partial charge in [-0.05, 0) is 42.7 Å². The Bertz CT molecular complexity index is 1210. The second kappa shape index (κ2) is 6.88. The lowest BCUT2D eigenvalue weighted by molar-refractivity contribution is -0.117. The lowest BCUT2D eigenvalue weighted by atomic mass is 10.1. The fraction of sp³-hybridized carbons (Fsp3) is 0.261. The molecule has 1 fully saturated rings. The molecule has 0 spiro atoms. The minimum absolute atomic E-state index is 0.0529. The Morgan fingerprint density at radius 1 is 1.17 bits per heavy atom. The highest BCUT2D eigenvalue weighted by Gasteiger charge is 2.35. The maximum atomic E-state index is 12.7. The summed E-state index contributed by atoms with van der Waals surface area (Å²) in [5, 5.41) is 5.34. The van der Waals surface area contributed by atoms with Gasteiger partial charge in [0.1, 0.15) is 0 Å². The van der Waals surface area contributed by atoms with Crippen LogP contribution < -0.4 is 4.90 Å². The summed E-state index contributed by atoms with van der Waals surface area (Å²) in [6.45, 7) is 4.70. The van der Waals surface area contributed by atoms with Gasteiger partial charge < -0.3 is 14.4 Å².